The quantitative estimate of drug-likeness (QED) is 0.770. The molecule has 2 fully saturated rings. The fourth-order valence-electron chi connectivity index (χ4n) is 3.58. The minimum Gasteiger partial charge on any atom is -0.375 e. The molecule has 2 unspecified atom stereocenters. The van der Waals surface area contributed by atoms with Gasteiger partial charge in [-0.15, -0.1) is 0 Å². The Labute approximate surface area is 133 Å². The second-order valence-electron chi connectivity index (χ2n) is 6.24. The van der Waals surface area contributed by atoms with E-state index in [-0.39, 0.29) is 5.60 Å². The summed E-state index contributed by atoms with van der Waals surface area (Å²) in [7, 11) is 0. The molecule has 0 aromatic carbocycles. The Balaban J connectivity index is 1.92. The number of nitrogens with one attached hydrogen (secondary N) is 1. The van der Waals surface area contributed by atoms with Crippen LogP contribution in [-0.4, -0.2) is 48.3 Å². The summed E-state index contributed by atoms with van der Waals surface area (Å²) < 4.78 is 6.25. The van der Waals surface area contributed by atoms with Crippen molar-refractivity contribution >= 4 is 23.5 Å². The fourth-order valence-corrected chi connectivity index (χ4v) is 5.31. The monoisotopic (exact) mass is 317 g/mol. The Morgan fingerprint density at radius 2 is 2.20 bits per heavy atom. The molecule has 1 spiro atoms. The van der Waals surface area contributed by atoms with Gasteiger partial charge in [-0.2, -0.15) is 23.5 Å². The van der Waals surface area contributed by atoms with E-state index in [0.29, 0.717) is 6.04 Å². The highest BCUT2D eigenvalue weighted by Gasteiger charge is 2.40. The van der Waals surface area contributed by atoms with Crippen LogP contribution < -0.4 is 5.32 Å². The van der Waals surface area contributed by atoms with Crippen LogP contribution in [0.3, 0.4) is 0 Å². The van der Waals surface area contributed by atoms with E-state index in [4.69, 9.17) is 4.74 Å². The molecule has 4 heteroatoms. The Hall–Kier alpha value is 0.620. The second-order valence-corrected chi connectivity index (χ2v) is 8.45. The van der Waals surface area contributed by atoms with Gasteiger partial charge in [0.1, 0.15) is 0 Å². The molecule has 118 valence electrons. The van der Waals surface area contributed by atoms with Crippen LogP contribution in [0.4, 0.5) is 0 Å². The number of hydrogen-bond donors (Lipinski definition) is 1. The molecule has 2 atom stereocenters. The molecule has 0 radical (unpaired) electrons. The summed E-state index contributed by atoms with van der Waals surface area (Å²) in [4.78, 5) is 0. The molecule has 0 aromatic rings. The van der Waals surface area contributed by atoms with Crippen LogP contribution in [0.25, 0.3) is 0 Å². The number of rotatable bonds is 7. The lowest BCUT2D eigenvalue weighted by Crippen LogP contribution is -2.48. The molecule has 2 aliphatic heterocycles. The highest BCUT2D eigenvalue weighted by atomic mass is 32.2. The summed E-state index contributed by atoms with van der Waals surface area (Å²) in [6.07, 6.45) is 9.88. The Kier molecular flexibility index (Phi) is 7.57. The van der Waals surface area contributed by atoms with Crippen molar-refractivity contribution in [1.29, 1.82) is 0 Å². The van der Waals surface area contributed by atoms with E-state index < -0.39 is 0 Å². The van der Waals surface area contributed by atoms with Crippen LogP contribution in [-0.2, 0) is 4.74 Å². The van der Waals surface area contributed by atoms with Crippen molar-refractivity contribution in [2.75, 3.05) is 36.7 Å². The molecule has 0 bridgehead atoms. The first-order valence-corrected chi connectivity index (χ1v) is 10.8. The summed E-state index contributed by atoms with van der Waals surface area (Å²) in [5.74, 6) is 4.70. The van der Waals surface area contributed by atoms with Crippen molar-refractivity contribution in [1.82, 2.24) is 5.32 Å². The Morgan fingerprint density at radius 3 is 2.90 bits per heavy atom. The first-order chi connectivity index (χ1) is 9.79. The maximum atomic E-state index is 6.25. The lowest BCUT2D eigenvalue weighted by molar-refractivity contribution is -0.107. The molecule has 2 nitrogen and oxygen atoms in total. The van der Waals surface area contributed by atoms with Crippen LogP contribution in [0, 0.1) is 5.92 Å². The van der Waals surface area contributed by atoms with Crippen LogP contribution >= 0.6 is 23.5 Å². The molecule has 2 aliphatic rings. The van der Waals surface area contributed by atoms with Gasteiger partial charge in [0.05, 0.1) is 5.60 Å². The highest BCUT2D eigenvalue weighted by molar-refractivity contribution is 7.99. The van der Waals surface area contributed by atoms with Gasteiger partial charge in [0.25, 0.3) is 0 Å². The zero-order valence-electron chi connectivity index (χ0n) is 13.2. The summed E-state index contributed by atoms with van der Waals surface area (Å²) in [5, 5.41) is 3.82. The van der Waals surface area contributed by atoms with Gasteiger partial charge in [-0.25, -0.2) is 0 Å². The Morgan fingerprint density at radius 1 is 1.40 bits per heavy atom. The van der Waals surface area contributed by atoms with Crippen molar-refractivity contribution in [2.45, 2.75) is 57.1 Å². The largest absolute Gasteiger partial charge is 0.375 e. The van der Waals surface area contributed by atoms with Crippen molar-refractivity contribution in [3.05, 3.63) is 0 Å². The van der Waals surface area contributed by atoms with Gasteiger partial charge in [0.2, 0.25) is 0 Å². The lowest BCUT2D eigenvalue weighted by Gasteiger charge is -2.45. The van der Waals surface area contributed by atoms with Gasteiger partial charge < -0.3 is 10.1 Å². The maximum Gasteiger partial charge on any atom is 0.0701 e. The molecule has 0 saturated carbocycles. The van der Waals surface area contributed by atoms with Gasteiger partial charge in [-0.05, 0) is 74.5 Å². The maximum absolute atomic E-state index is 6.25. The van der Waals surface area contributed by atoms with Gasteiger partial charge in [-0.1, -0.05) is 6.92 Å². The van der Waals surface area contributed by atoms with E-state index in [1.807, 2.05) is 11.8 Å². The summed E-state index contributed by atoms with van der Waals surface area (Å²) in [6.45, 7) is 4.42. The summed E-state index contributed by atoms with van der Waals surface area (Å²) >= 11 is 4.08. The molecule has 1 N–H and O–H groups in total. The third-order valence-electron chi connectivity index (χ3n) is 4.79. The summed E-state index contributed by atoms with van der Waals surface area (Å²) in [6, 6.07) is 0.706. The minimum atomic E-state index is 0.236. The molecule has 0 amide bonds. The van der Waals surface area contributed by atoms with Crippen molar-refractivity contribution in [3.8, 4) is 0 Å². The van der Waals surface area contributed by atoms with Gasteiger partial charge in [-0.3, -0.25) is 0 Å². The van der Waals surface area contributed by atoms with Crippen LogP contribution in [0.15, 0.2) is 0 Å². The van der Waals surface area contributed by atoms with Crippen molar-refractivity contribution < 1.29 is 4.74 Å². The van der Waals surface area contributed by atoms with Crippen LogP contribution in [0.1, 0.15) is 45.4 Å². The molecule has 0 aromatic heterocycles. The molecule has 2 saturated heterocycles. The first-order valence-electron chi connectivity index (χ1n) is 8.24. The molecule has 0 aliphatic carbocycles. The van der Waals surface area contributed by atoms with E-state index in [9.17, 15) is 0 Å². The number of ether oxygens (including phenoxy) is 1. The predicted molar refractivity (Wildman–Crippen MR) is 93.0 cm³/mol. The van der Waals surface area contributed by atoms with Gasteiger partial charge in [0, 0.05) is 12.6 Å². The molecule has 20 heavy (non-hydrogen) atoms. The van der Waals surface area contributed by atoms with Gasteiger partial charge >= 0.3 is 0 Å². The number of thioether (sulfide) groups is 2. The highest BCUT2D eigenvalue weighted by Crippen LogP contribution is 2.41. The van der Waals surface area contributed by atoms with Gasteiger partial charge in [0.15, 0.2) is 0 Å². The average Bonchev–Trinajstić information content (AvgIpc) is 2.48. The minimum absolute atomic E-state index is 0.236. The van der Waals surface area contributed by atoms with E-state index in [1.165, 1.54) is 62.3 Å². The fraction of sp³-hybridized carbons (Fsp3) is 1.00. The molecule has 2 heterocycles. The van der Waals surface area contributed by atoms with E-state index in [2.05, 4.69) is 30.3 Å². The first kappa shape index (κ1) is 17.0. The van der Waals surface area contributed by atoms with E-state index in [1.54, 1.807) is 0 Å². The zero-order valence-corrected chi connectivity index (χ0v) is 14.8. The predicted octanol–water partition coefficient (Wildman–Crippen LogP) is 3.80. The van der Waals surface area contributed by atoms with E-state index >= 15 is 0 Å². The third-order valence-corrected chi connectivity index (χ3v) is 6.42. The zero-order chi connectivity index (χ0) is 14.3. The standard InChI is InChI=1S/C16H31NOS2/c1-3-8-17-15(5-10-19-2)14-4-9-18-16(13-14)6-11-20-12-7-16/h14-15,17H,3-13H2,1-2H3. The van der Waals surface area contributed by atoms with Crippen LogP contribution in [0.2, 0.25) is 0 Å². The normalized spacial score (nSPS) is 27.6. The summed E-state index contributed by atoms with van der Waals surface area (Å²) in [5.41, 5.74) is 0.236. The van der Waals surface area contributed by atoms with Crippen LogP contribution in [0.5, 0.6) is 0 Å². The van der Waals surface area contributed by atoms with Crippen molar-refractivity contribution in [3.63, 3.8) is 0 Å². The Bertz CT molecular complexity index is 256. The lowest BCUT2D eigenvalue weighted by atomic mass is 9.78. The molecule has 2 rings (SSSR count). The van der Waals surface area contributed by atoms with E-state index in [0.717, 1.165) is 12.5 Å². The average molecular weight is 318 g/mol. The third kappa shape index (κ3) is 4.82. The topological polar surface area (TPSA) is 21.3 Å². The molecular weight excluding hydrogens is 286 g/mol. The number of hydrogen-bond acceptors (Lipinski definition) is 4. The smallest absolute Gasteiger partial charge is 0.0701 e. The van der Waals surface area contributed by atoms with Crippen molar-refractivity contribution in [2.24, 2.45) is 5.92 Å². The molecular formula is C16H31NOS2. The SMILES string of the molecule is CCCNC(CCSC)C1CCOC2(CCSCC2)C1. The second kappa shape index (κ2) is 8.92.